The first-order chi connectivity index (χ1) is 4.20. The molecule has 0 aliphatic carbocycles. The maximum atomic E-state index is 8.93. The first kappa shape index (κ1) is 9.87. The van der Waals surface area contributed by atoms with Crippen molar-refractivity contribution in [3.05, 3.63) is 23.8 Å². The van der Waals surface area contributed by atoms with Gasteiger partial charge < -0.3 is 10.8 Å². The number of rotatable bonds is 0. The number of hydrogen-bond acceptors (Lipinski definition) is 2. The second kappa shape index (κ2) is 3.90. The molecular formula is C7H8NOU-. The van der Waals surface area contributed by atoms with Crippen LogP contribution in [-0.2, 0) is 0 Å². The number of benzene rings is 1. The van der Waals surface area contributed by atoms with Crippen LogP contribution in [0.25, 0.3) is 0 Å². The average Bonchev–Trinajstić information content (AvgIpc) is 1.80. The van der Waals surface area contributed by atoms with Gasteiger partial charge in [-0.3, -0.25) is 0 Å². The molecule has 3 heteroatoms. The van der Waals surface area contributed by atoms with Crippen molar-refractivity contribution >= 4 is 5.69 Å². The minimum atomic E-state index is 0. The molecule has 0 saturated carbocycles. The van der Waals surface area contributed by atoms with Gasteiger partial charge in [0.1, 0.15) is 0 Å². The van der Waals surface area contributed by atoms with E-state index in [1.54, 1.807) is 19.1 Å². The second-order valence-electron chi connectivity index (χ2n) is 1.96. The van der Waals surface area contributed by atoms with Crippen molar-refractivity contribution in [3.8, 4) is 5.75 Å². The molecule has 0 fully saturated rings. The Balaban J connectivity index is 0.000000810. The molecule has 52 valence electrons. The van der Waals surface area contributed by atoms with E-state index in [1.165, 1.54) is 0 Å². The maximum Gasteiger partial charge on any atom is 0.00697 e. The Bertz CT molecular complexity index is 225. The Kier molecular flexibility index (Phi) is 3.85. The van der Waals surface area contributed by atoms with E-state index in [0.29, 0.717) is 5.69 Å². The minimum Gasteiger partial charge on any atom is -0.534 e. The van der Waals surface area contributed by atoms with E-state index in [0.717, 1.165) is 5.56 Å². The molecule has 0 spiro atoms. The number of hydrogen-bond donors (Lipinski definition) is 2. The van der Waals surface area contributed by atoms with E-state index >= 15 is 0 Å². The van der Waals surface area contributed by atoms with Crippen molar-refractivity contribution in [1.82, 2.24) is 0 Å². The van der Waals surface area contributed by atoms with E-state index in [1.807, 2.05) is 0 Å². The van der Waals surface area contributed by atoms with E-state index < -0.39 is 0 Å². The molecule has 1 aromatic carbocycles. The molecular weight excluding hydrogens is 352 g/mol. The van der Waals surface area contributed by atoms with Gasteiger partial charge in [-0.2, -0.15) is 6.07 Å². The molecule has 2 nitrogen and oxygen atoms in total. The fourth-order valence-electron chi connectivity index (χ4n) is 0.626. The fraction of sp³-hybridized carbons (Fsp3) is 0.143. The Morgan fingerprint density at radius 2 is 2.20 bits per heavy atom. The summed E-state index contributed by atoms with van der Waals surface area (Å²) in [5.41, 5.74) is 6.77. The molecule has 0 aliphatic heterocycles. The number of phenolic OH excluding ortho intramolecular Hbond substituents is 1. The van der Waals surface area contributed by atoms with E-state index in [4.69, 9.17) is 10.8 Å². The zero-order valence-electron chi connectivity index (χ0n) is 5.68. The summed E-state index contributed by atoms with van der Waals surface area (Å²) in [6, 6.07) is 5.84. The van der Waals surface area contributed by atoms with Crippen LogP contribution < -0.4 is 5.73 Å². The number of aryl methyl sites for hydroxylation is 1. The van der Waals surface area contributed by atoms with Gasteiger partial charge in [0, 0.05) is 36.9 Å². The summed E-state index contributed by atoms with van der Waals surface area (Å²) in [5, 5.41) is 8.93. The smallest absolute Gasteiger partial charge is 0.00697 e. The summed E-state index contributed by atoms with van der Waals surface area (Å²) in [6.07, 6.45) is 0. The zero-order valence-corrected chi connectivity index (χ0v) is 9.84. The SMILES string of the molecule is Cc1cc(N)c[c-]c1O.[U]. The standard InChI is InChI=1S/C7H8NO.U/c1-5-4-6(8)2-3-7(5)9;/h2,4,9H,8H2,1H3;/q-1;. The predicted octanol–water partition coefficient (Wildman–Crippen LogP) is 1.08. The third kappa shape index (κ3) is 2.24. The summed E-state index contributed by atoms with van der Waals surface area (Å²) in [4.78, 5) is 0. The van der Waals surface area contributed by atoms with Crippen molar-refractivity contribution in [2.24, 2.45) is 0 Å². The van der Waals surface area contributed by atoms with Crippen LogP contribution in [0, 0.1) is 44.1 Å². The number of anilines is 1. The summed E-state index contributed by atoms with van der Waals surface area (Å²) in [7, 11) is 0. The molecule has 0 heterocycles. The monoisotopic (exact) mass is 360 g/mol. The number of aromatic hydroxyl groups is 1. The van der Waals surface area contributed by atoms with Gasteiger partial charge in [0.15, 0.2) is 0 Å². The molecule has 3 N–H and O–H groups in total. The molecule has 1 rings (SSSR count). The summed E-state index contributed by atoms with van der Waals surface area (Å²) in [6.45, 7) is 1.78. The van der Waals surface area contributed by atoms with Gasteiger partial charge in [0.25, 0.3) is 0 Å². The van der Waals surface area contributed by atoms with Crippen molar-refractivity contribution in [2.45, 2.75) is 6.92 Å². The normalized spacial score (nSPS) is 8.50. The molecule has 0 atom stereocenters. The van der Waals surface area contributed by atoms with Crippen molar-refractivity contribution in [2.75, 3.05) is 5.73 Å². The Morgan fingerprint density at radius 1 is 1.60 bits per heavy atom. The van der Waals surface area contributed by atoms with Crippen LogP contribution >= 0.6 is 0 Å². The van der Waals surface area contributed by atoms with Crippen LogP contribution in [0.4, 0.5) is 5.69 Å². The summed E-state index contributed by atoms with van der Waals surface area (Å²) >= 11 is 0. The van der Waals surface area contributed by atoms with Gasteiger partial charge in [-0.15, -0.1) is 17.7 Å². The molecule has 0 unspecified atom stereocenters. The quantitative estimate of drug-likeness (QED) is 0.413. The third-order valence-corrected chi connectivity index (χ3v) is 1.13. The molecule has 0 aliphatic rings. The van der Waals surface area contributed by atoms with Crippen LogP contribution in [0.2, 0.25) is 0 Å². The number of nitrogen functional groups attached to an aromatic ring is 1. The molecule has 1 aromatic rings. The Morgan fingerprint density at radius 3 is 2.60 bits per heavy atom. The number of phenols is 1. The van der Waals surface area contributed by atoms with Gasteiger partial charge in [0.05, 0.1) is 0 Å². The molecule has 0 aromatic heterocycles. The first-order valence-electron chi connectivity index (χ1n) is 2.67. The second-order valence-corrected chi connectivity index (χ2v) is 1.96. The molecule has 0 saturated heterocycles. The predicted molar refractivity (Wildman–Crippen MR) is 36.1 cm³/mol. The summed E-state index contributed by atoms with van der Waals surface area (Å²) in [5.74, 6) is 0.171. The van der Waals surface area contributed by atoms with Gasteiger partial charge in [-0.1, -0.05) is 12.6 Å². The van der Waals surface area contributed by atoms with E-state index in [9.17, 15) is 0 Å². The fourth-order valence-corrected chi connectivity index (χ4v) is 0.626. The van der Waals surface area contributed by atoms with Gasteiger partial charge in [-0.25, -0.2) is 0 Å². The Hall–Kier alpha value is -0.128. The van der Waals surface area contributed by atoms with Crippen LogP contribution in [0.1, 0.15) is 5.56 Å². The minimum absolute atomic E-state index is 0. The molecule has 0 amide bonds. The number of nitrogens with two attached hydrogens (primary N) is 1. The average molecular weight is 360 g/mol. The topological polar surface area (TPSA) is 46.2 Å². The van der Waals surface area contributed by atoms with E-state index in [2.05, 4.69) is 6.07 Å². The van der Waals surface area contributed by atoms with Crippen molar-refractivity contribution in [3.63, 3.8) is 0 Å². The van der Waals surface area contributed by atoms with Crippen LogP contribution in [-0.4, -0.2) is 5.11 Å². The van der Waals surface area contributed by atoms with Crippen LogP contribution in [0.3, 0.4) is 0 Å². The molecule has 0 bridgehead atoms. The van der Waals surface area contributed by atoms with Gasteiger partial charge in [0.2, 0.25) is 0 Å². The molecule has 0 radical (unpaired) electrons. The van der Waals surface area contributed by atoms with Crippen LogP contribution in [0.15, 0.2) is 12.1 Å². The maximum absolute atomic E-state index is 8.93. The Labute approximate surface area is 83.8 Å². The van der Waals surface area contributed by atoms with Crippen LogP contribution in [0.5, 0.6) is 5.75 Å². The zero-order chi connectivity index (χ0) is 6.85. The van der Waals surface area contributed by atoms with E-state index in [-0.39, 0.29) is 36.9 Å². The van der Waals surface area contributed by atoms with Gasteiger partial charge in [-0.05, 0) is 0 Å². The van der Waals surface area contributed by atoms with Crippen molar-refractivity contribution in [1.29, 1.82) is 0 Å². The summed E-state index contributed by atoms with van der Waals surface area (Å²) < 4.78 is 0. The molecule has 10 heavy (non-hydrogen) atoms. The largest absolute Gasteiger partial charge is 0.534 e. The third-order valence-electron chi connectivity index (χ3n) is 1.13. The van der Waals surface area contributed by atoms with Crippen molar-refractivity contribution < 1.29 is 36.2 Å². The first-order valence-corrected chi connectivity index (χ1v) is 2.67. The van der Waals surface area contributed by atoms with Gasteiger partial charge >= 0.3 is 0 Å².